The molecule has 0 amide bonds. The number of hydrogen-bond donors (Lipinski definition) is 2. The minimum Gasteiger partial charge on any atom is -0.379 e. The minimum atomic E-state index is -3.38. The molecule has 7 heteroatoms. The SMILES string of the molecule is NCC1CCCCC1NS(=O)(=O)N1CCOCC1. The molecule has 1 aliphatic carbocycles. The van der Waals surface area contributed by atoms with Gasteiger partial charge in [0.2, 0.25) is 0 Å². The summed E-state index contributed by atoms with van der Waals surface area (Å²) in [4.78, 5) is 0. The summed E-state index contributed by atoms with van der Waals surface area (Å²) in [5, 5.41) is 0. The molecule has 2 aliphatic rings. The first-order chi connectivity index (χ1) is 8.63. The number of morpholine rings is 1. The third kappa shape index (κ3) is 3.42. The summed E-state index contributed by atoms with van der Waals surface area (Å²) >= 11 is 0. The highest BCUT2D eigenvalue weighted by Crippen LogP contribution is 2.24. The van der Waals surface area contributed by atoms with Crippen LogP contribution in [0.3, 0.4) is 0 Å². The van der Waals surface area contributed by atoms with Crippen molar-refractivity contribution in [2.45, 2.75) is 31.7 Å². The zero-order valence-electron chi connectivity index (χ0n) is 10.7. The van der Waals surface area contributed by atoms with Crippen molar-refractivity contribution < 1.29 is 13.2 Å². The molecule has 6 nitrogen and oxygen atoms in total. The van der Waals surface area contributed by atoms with Gasteiger partial charge in [-0.25, -0.2) is 0 Å². The van der Waals surface area contributed by atoms with E-state index in [-0.39, 0.29) is 12.0 Å². The van der Waals surface area contributed by atoms with Crippen molar-refractivity contribution in [2.75, 3.05) is 32.8 Å². The fourth-order valence-electron chi connectivity index (χ4n) is 2.70. The molecule has 0 aromatic carbocycles. The summed E-state index contributed by atoms with van der Waals surface area (Å²) < 4.78 is 33.9. The number of nitrogens with zero attached hydrogens (tertiary/aromatic N) is 1. The molecule has 106 valence electrons. The number of rotatable bonds is 4. The van der Waals surface area contributed by atoms with Gasteiger partial charge in [0.1, 0.15) is 0 Å². The van der Waals surface area contributed by atoms with Gasteiger partial charge in [0.05, 0.1) is 13.2 Å². The molecule has 0 spiro atoms. The summed E-state index contributed by atoms with van der Waals surface area (Å²) in [5.41, 5.74) is 5.72. The van der Waals surface area contributed by atoms with Gasteiger partial charge in [-0.3, -0.25) is 0 Å². The smallest absolute Gasteiger partial charge is 0.279 e. The number of ether oxygens (including phenoxy) is 1. The maximum Gasteiger partial charge on any atom is 0.279 e. The predicted molar refractivity (Wildman–Crippen MR) is 69.2 cm³/mol. The van der Waals surface area contributed by atoms with Crippen molar-refractivity contribution in [1.82, 2.24) is 9.03 Å². The molecule has 18 heavy (non-hydrogen) atoms. The van der Waals surface area contributed by atoms with E-state index in [0.717, 1.165) is 25.7 Å². The van der Waals surface area contributed by atoms with E-state index in [4.69, 9.17) is 10.5 Å². The topological polar surface area (TPSA) is 84.7 Å². The van der Waals surface area contributed by atoms with Crippen molar-refractivity contribution in [3.63, 3.8) is 0 Å². The van der Waals surface area contributed by atoms with Gasteiger partial charge in [-0.15, -0.1) is 0 Å². The van der Waals surface area contributed by atoms with E-state index in [1.54, 1.807) is 0 Å². The van der Waals surface area contributed by atoms with Crippen LogP contribution in [0.1, 0.15) is 25.7 Å². The first kappa shape index (κ1) is 14.2. The molecule has 3 N–H and O–H groups in total. The summed E-state index contributed by atoms with van der Waals surface area (Å²) in [6.07, 6.45) is 4.14. The zero-order valence-corrected chi connectivity index (χ0v) is 11.5. The molecule has 2 atom stereocenters. The van der Waals surface area contributed by atoms with Crippen molar-refractivity contribution >= 4 is 10.2 Å². The van der Waals surface area contributed by atoms with Crippen LogP contribution in [0.15, 0.2) is 0 Å². The fourth-order valence-corrected chi connectivity index (χ4v) is 4.17. The second-order valence-corrected chi connectivity index (χ2v) is 6.72. The molecule has 0 radical (unpaired) electrons. The van der Waals surface area contributed by atoms with Gasteiger partial charge in [-0.1, -0.05) is 12.8 Å². The molecule has 0 bridgehead atoms. The normalized spacial score (nSPS) is 31.4. The van der Waals surface area contributed by atoms with E-state index >= 15 is 0 Å². The average Bonchev–Trinajstić information content (AvgIpc) is 2.40. The van der Waals surface area contributed by atoms with E-state index in [2.05, 4.69) is 4.72 Å². The lowest BCUT2D eigenvalue weighted by atomic mass is 9.85. The molecule has 1 saturated heterocycles. The maximum absolute atomic E-state index is 12.2. The van der Waals surface area contributed by atoms with Gasteiger partial charge in [0, 0.05) is 19.1 Å². The standard InChI is InChI=1S/C11H23N3O3S/c12-9-10-3-1-2-4-11(10)13-18(15,16)14-5-7-17-8-6-14/h10-11,13H,1-9,12H2. The van der Waals surface area contributed by atoms with Crippen LogP contribution in [-0.2, 0) is 14.9 Å². The van der Waals surface area contributed by atoms with Gasteiger partial charge in [-0.05, 0) is 25.3 Å². The number of hydrogen-bond acceptors (Lipinski definition) is 4. The second kappa shape index (κ2) is 6.29. The zero-order chi connectivity index (χ0) is 13.0. The van der Waals surface area contributed by atoms with Crippen molar-refractivity contribution in [1.29, 1.82) is 0 Å². The molecule has 0 aromatic heterocycles. The lowest BCUT2D eigenvalue weighted by molar-refractivity contribution is 0.0720. The third-order valence-corrected chi connectivity index (χ3v) is 5.47. The highest BCUT2D eigenvalue weighted by Gasteiger charge is 2.31. The lowest BCUT2D eigenvalue weighted by Gasteiger charge is -2.34. The summed E-state index contributed by atoms with van der Waals surface area (Å²) in [7, 11) is -3.38. The van der Waals surface area contributed by atoms with Crippen molar-refractivity contribution in [3.05, 3.63) is 0 Å². The van der Waals surface area contributed by atoms with Crippen LogP contribution < -0.4 is 10.5 Å². The molecular formula is C11H23N3O3S. The van der Waals surface area contributed by atoms with Gasteiger partial charge in [-0.2, -0.15) is 17.4 Å². The van der Waals surface area contributed by atoms with Crippen molar-refractivity contribution in [2.24, 2.45) is 11.7 Å². The maximum atomic E-state index is 12.2. The van der Waals surface area contributed by atoms with Crippen LogP contribution in [-0.4, -0.2) is 51.6 Å². The monoisotopic (exact) mass is 277 g/mol. The Kier molecular flexibility index (Phi) is 4.97. The Hall–Kier alpha value is -0.210. The van der Waals surface area contributed by atoms with Crippen molar-refractivity contribution in [3.8, 4) is 0 Å². The van der Waals surface area contributed by atoms with Crippen LogP contribution in [0.4, 0.5) is 0 Å². The molecule has 2 unspecified atom stereocenters. The first-order valence-corrected chi connectivity index (χ1v) is 8.12. The van der Waals surface area contributed by atoms with Gasteiger partial charge < -0.3 is 10.5 Å². The van der Waals surface area contributed by atoms with E-state index < -0.39 is 10.2 Å². The Balaban J connectivity index is 1.97. The Bertz CT molecular complexity index is 355. The Labute approximate surface area is 109 Å². The summed E-state index contributed by atoms with van der Waals surface area (Å²) in [5.74, 6) is 0.273. The largest absolute Gasteiger partial charge is 0.379 e. The van der Waals surface area contributed by atoms with E-state index in [1.165, 1.54) is 4.31 Å². The van der Waals surface area contributed by atoms with Crippen LogP contribution in [0.25, 0.3) is 0 Å². The summed E-state index contributed by atoms with van der Waals surface area (Å²) in [6, 6.07) is -0.00315. The Morgan fingerprint density at radius 2 is 1.89 bits per heavy atom. The first-order valence-electron chi connectivity index (χ1n) is 6.68. The highest BCUT2D eigenvalue weighted by atomic mass is 32.2. The second-order valence-electron chi connectivity index (χ2n) is 5.02. The Morgan fingerprint density at radius 3 is 2.56 bits per heavy atom. The van der Waals surface area contributed by atoms with Crippen LogP contribution in [0.2, 0.25) is 0 Å². The number of nitrogens with one attached hydrogen (secondary N) is 1. The van der Waals surface area contributed by atoms with Gasteiger partial charge in [0.15, 0.2) is 0 Å². The van der Waals surface area contributed by atoms with Gasteiger partial charge >= 0.3 is 0 Å². The van der Waals surface area contributed by atoms with Crippen LogP contribution in [0, 0.1) is 5.92 Å². The quantitative estimate of drug-likeness (QED) is 0.737. The lowest BCUT2D eigenvalue weighted by Crippen LogP contribution is -2.52. The number of nitrogens with two attached hydrogens (primary N) is 1. The van der Waals surface area contributed by atoms with Crippen LogP contribution >= 0.6 is 0 Å². The average molecular weight is 277 g/mol. The predicted octanol–water partition coefficient (Wildman–Crippen LogP) is -0.329. The van der Waals surface area contributed by atoms with Crippen LogP contribution in [0.5, 0.6) is 0 Å². The molecule has 1 saturated carbocycles. The molecule has 2 rings (SSSR count). The van der Waals surface area contributed by atoms with E-state index in [9.17, 15) is 8.42 Å². The Morgan fingerprint density at radius 1 is 1.22 bits per heavy atom. The third-order valence-electron chi connectivity index (χ3n) is 3.82. The van der Waals surface area contributed by atoms with E-state index in [0.29, 0.717) is 32.8 Å². The molecule has 2 fully saturated rings. The fraction of sp³-hybridized carbons (Fsp3) is 1.00. The molecule has 1 aliphatic heterocycles. The minimum absolute atomic E-state index is 0.00315. The molecule has 1 heterocycles. The molecule has 0 aromatic rings. The molecular weight excluding hydrogens is 254 g/mol. The van der Waals surface area contributed by atoms with E-state index in [1.807, 2.05) is 0 Å². The highest BCUT2D eigenvalue weighted by molar-refractivity contribution is 7.87. The summed E-state index contributed by atoms with van der Waals surface area (Å²) in [6.45, 7) is 2.39. The van der Waals surface area contributed by atoms with Gasteiger partial charge in [0.25, 0.3) is 10.2 Å².